The Kier molecular flexibility index (Phi) is 9.00. The molecule has 0 spiro atoms. The zero-order chi connectivity index (χ0) is 28.7. The second kappa shape index (κ2) is 12.6. The van der Waals surface area contributed by atoms with Crippen LogP contribution in [-0.2, 0) is 4.79 Å². The molecular weight excluding hydrogens is 541 g/mol. The van der Waals surface area contributed by atoms with Gasteiger partial charge in [-0.25, -0.2) is 15.0 Å². The van der Waals surface area contributed by atoms with Gasteiger partial charge in [0.05, 0.1) is 23.3 Å². The molecule has 0 aromatic heterocycles. The fraction of sp³-hybridized carbons (Fsp3) is 0.179. The lowest BCUT2D eigenvalue weighted by molar-refractivity contribution is -0.274. The van der Waals surface area contributed by atoms with E-state index >= 15 is 0 Å². The molecule has 12 heteroatoms. The van der Waals surface area contributed by atoms with E-state index in [1.165, 1.54) is 35.2 Å². The van der Waals surface area contributed by atoms with Gasteiger partial charge in [-0.2, -0.15) is 10.1 Å². The minimum Gasteiger partial charge on any atom is -0.406 e. The van der Waals surface area contributed by atoms with E-state index in [4.69, 9.17) is 10.7 Å². The van der Waals surface area contributed by atoms with Gasteiger partial charge in [0.1, 0.15) is 17.9 Å². The fourth-order valence-electron chi connectivity index (χ4n) is 3.56. The second-order valence-corrected chi connectivity index (χ2v) is 9.71. The molecule has 2 N–H and O–H groups in total. The fourth-order valence-corrected chi connectivity index (χ4v) is 4.37. The number of nitrogens with zero attached hydrogens (tertiary/aromatic N) is 5. The Morgan fingerprint density at radius 2 is 1.75 bits per heavy atom. The standard InChI is InChI=1S/C28H25F3N6O2S/c1-18(2)23-5-3-4-6-24(23)36-27-37(25(38)16-40-27)35-15-19-7-9-20(10-8-19)26(32)34-17-33-21-11-13-22(14-12-21)39-28(29,30)31/h3-15,17-18H,16H2,1-2H3,(H2,32,33,34)/b35-15-,36-27?. The van der Waals surface area contributed by atoms with Crippen molar-refractivity contribution in [3.63, 3.8) is 0 Å². The summed E-state index contributed by atoms with van der Waals surface area (Å²) in [5.41, 5.74) is 9.66. The molecule has 1 aliphatic rings. The number of carbonyl (C=O) groups excluding carboxylic acids is 1. The van der Waals surface area contributed by atoms with Crippen molar-refractivity contribution in [1.82, 2.24) is 5.01 Å². The van der Waals surface area contributed by atoms with Crippen molar-refractivity contribution in [2.75, 3.05) is 5.75 Å². The lowest BCUT2D eigenvalue weighted by Gasteiger charge is -2.12. The summed E-state index contributed by atoms with van der Waals surface area (Å²) in [6, 6.07) is 19.9. The van der Waals surface area contributed by atoms with Crippen molar-refractivity contribution in [2.45, 2.75) is 26.1 Å². The number of rotatable bonds is 8. The van der Waals surface area contributed by atoms with Gasteiger partial charge in [0, 0.05) is 5.56 Å². The third-order valence-corrected chi connectivity index (χ3v) is 6.43. The number of halogens is 3. The molecule has 4 rings (SSSR count). The van der Waals surface area contributed by atoms with E-state index in [-0.39, 0.29) is 29.2 Å². The van der Waals surface area contributed by atoms with Crippen LogP contribution in [0.15, 0.2) is 92.9 Å². The molecule has 8 nitrogen and oxygen atoms in total. The van der Waals surface area contributed by atoms with Gasteiger partial charge in [-0.15, -0.1) is 13.2 Å². The SMILES string of the molecule is CC(C)c1ccccc1N=C1SCC(=O)N1/N=C\c1ccc(C(N)=NC=Nc2ccc(OC(F)(F)F)cc2)cc1. The lowest BCUT2D eigenvalue weighted by Crippen LogP contribution is -2.23. The summed E-state index contributed by atoms with van der Waals surface area (Å²) in [5, 5.41) is 6.19. The predicted octanol–water partition coefficient (Wildman–Crippen LogP) is 6.37. The highest BCUT2D eigenvalue weighted by molar-refractivity contribution is 8.15. The number of aliphatic imine (C=N–C) groups is 3. The average molecular weight is 567 g/mol. The van der Waals surface area contributed by atoms with Gasteiger partial charge in [0.15, 0.2) is 5.17 Å². The Morgan fingerprint density at radius 3 is 2.42 bits per heavy atom. The molecule has 3 aromatic carbocycles. The van der Waals surface area contributed by atoms with Crippen LogP contribution in [0.25, 0.3) is 0 Å². The molecule has 0 radical (unpaired) electrons. The summed E-state index contributed by atoms with van der Waals surface area (Å²) in [7, 11) is 0. The van der Waals surface area contributed by atoms with Crippen LogP contribution >= 0.6 is 11.8 Å². The van der Waals surface area contributed by atoms with Crippen LogP contribution in [0, 0.1) is 0 Å². The number of para-hydroxylation sites is 1. The van der Waals surface area contributed by atoms with Crippen molar-refractivity contribution in [2.24, 2.45) is 25.8 Å². The van der Waals surface area contributed by atoms with Gasteiger partial charge in [0.25, 0.3) is 5.91 Å². The minimum atomic E-state index is -4.76. The maximum Gasteiger partial charge on any atom is 0.573 e. The highest BCUT2D eigenvalue weighted by Crippen LogP contribution is 2.30. The Hall–Kier alpha value is -4.45. The number of benzene rings is 3. The number of amidine groups is 2. The summed E-state index contributed by atoms with van der Waals surface area (Å²) in [4.78, 5) is 25.3. The summed E-state index contributed by atoms with van der Waals surface area (Å²) >= 11 is 1.34. The largest absolute Gasteiger partial charge is 0.573 e. The van der Waals surface area contributed by atoms with E-state index < -0.39 is 6.36 Å². The molecule has 40 heavy (non-hydrogen) atoms. The van der Waals surface area contributed by atoms with Crippen molar-refractivity contribution in [1.29, 1.82) is 0 Å². The topological polar surface area (TPSA) is 105 Å². The first-order valence-electron chi connectivity index (χ1n) is 12.1. The minimum absolute atomic E-state index is 0.156. The van der Waals surface area contributed by atoms with E-state index in [9.17, 15) is 18.0 Å². The van der Waals surface area contributed by atoms with E-state index in [2.05, 4.69) is 33.7 Å². The van der Waals surface area contributed by atoms with E-state index in [1.807, 2.05) is 24.3 Å². The summed E-state index contributed by atoms with van der Waals surface area (Å²) in [5.74, 6) is 0.240. The Bertz CT molecular complexity index is 1470. The Morgan fingerprint density at radius 1 is 1.05 bits per heavy atom. The second-order valence-electron chi connectivity index (χ2n) is 8.77. The zero-order valence-electron chi connectivity index (χ0n) is 21.5. The highest BCUT2D eigenvalue weighted by atomic mass is 32.2. The molecule has 1 amide bonds. The van der Waals surface area contributed by atoms with Crippen LogP contribution < -0.4 is 10.5 Å². The highest BCUT2D eigenvalue weighted by Gasteiger charge is 2.31. The number of ether oxygens (including phenoxy) is 1. The average Bonchev–Trinajstić information content (AvgIpc) is 3.26. The maximum atomic E-state index is 12.4. The number of amides is 1. The quantitative estimate of drug-likeness (QED) is 0.253. The number of alkyl halides is 3. The zero-order valence-corrected chi connectivity index (χ0v) is 22.4. The van der Waals surface area contributed by atoms with E-state index in [1.54, 1.807) is 30.5 Å². The first-order chi connectivity index (χ1) is 19.1. The molecule has 0 saturated carbocycles. The molecule has 3 aromatic rings. The number of thioether (sulfide) groups is 1. The van der Waals surface area contributed by atoms with Crippen LogP contribution in [-0.4, -0.2) is 46.6 Å². The lowest BCUT2D eigenvalue weighted by atomic mass is 10.0. The van der Waals surface area contributed by atoms with Crippen molar-refractivity contribution >= 4 is 52.6 Å². The van der Waals surface area contributed by atoms with Crippen molar-refractivity contribution in [3.8, 4) is 5.75 Å². The molecule has 0 atom stereocenters. The number of nitrogens with two attached hydrogens (primary N) is 1. The van der Waals surface area contributed by atoms with Gasteiger partial charge >= 0.3 is 6.36 Å². The third kappa shape index (κ3) is 7.79. The van der Waals surface area contributed by atoms with Gasteiger partial charge in [0.2, 0.25) is 0 Å². The summed E-state index contributed by atoms with van der Waals surface area (Å²) < 4.78 is 40.6. The van der Waals surface area contributed by atoms with Crippen molar-refractivity contribution in [3.05, 3.63) is 89.5 Å². The third-order valence-electron chi connectivity index (χ3n) is 5.52. The molecule has 1 saturated heterocycles. The van der Waals surface area contributed by atoms with Gasteiger partial charge < -0.3 is 10.5 Å². The van der Waals surface area contributed by atoms with E-state index in [0.717, 1.165) is 28.9 Å². The smallest absolute Gasteiger partial charge is 0.406 e. The molecular formula is C28H25F3N6O2S. The Balaban J connectivity index is 1.41. The van der Waals surface area contributed by atoms with Crippen LogP contribution in [0.4, 0.5) is 24.5 Å². The van der Waals surface area contributed by atoms with Gasteiger partial charge in [-0.3, -0.25) is 4.79 Å². The summed E-state index contributed by atoms with van der Waals surface area (Å²) in [6.45, 7) is 4.18. The first-order valence-corrected chi connectivity index (χ1v) is 13.1. The summed E-state index contributed by atoms with van der Waals surface area (Å²) in [6.07, 6.45) is -1.98. The normalized spacial score (nSPS) is 15.8. The van der Waals surface area contributed by atoms with Crippen LogP contribution in [0.2, 0.25) is 0 Å². The molecule has 1 heterocycles. The van der Waals surface area contributed by atoms with Crippen LogP contribution in [0.1, 0.15) is 36.5 Å². The van der Waals surface area contributed by atoms with Gasteiger partial charge in [-0.1, -0.05) is 68.1 Å². The van der Waals surface area contributed by atoms with Crippen LogP contribution in [0.5, 0.6) is 5.75 Å². The number of carbonyl (C=O) groups is 1. The monoisotopic (exact) mass is 566 g/mol. The predicted molar refractivity (Wildman–Crippen MR) is 153 cm³/mol. The molecule has 0 aliphatic carbocycles. The number of hydrazone groups is 1. The number of hydrogen-bond acceptors (Lipinski definition) is 6. The van der Waals surface area contributed by atoms with Crippen LogP contribution in [0.3, 0.4) is 0 Å². The van der Waals surface area contributed by atoms with Crippen molar-refractivity contribution < 1.29 is 22.7 Å². The molecule has 0 unspecified atom stereocenters. The van der Waals surface area contributed by atoms with Gasteiger partial charge in [-0.05, 0) is 47.4 Å². The first kappa shape index (κ1) is 28.6. The van der Waals surface area contributed by atoms with E-state index in [0.29, 0.717) is 16.4 Å². The molecule has 1 fully saturated rings. The molecule has 1 aliphatic heterocycles. The number of hydrogen-bond donors (Lipinski definition) is 1. The molecule has 0 bridgehead atoms. The Labute approximate surface area is 233 Å². The maximum absolute atomic E-state index is 12.4. The molecule has 206 valence electrons.